The minimum Gasteiger partial charge on any atom is -0.298 e. The summed E-state index contributed by atoms with van der Waals surface area (Å²) >= 11 is 0. The lowest BCUT2D eigenvalue weighted by molar-refractivity contribution is 0.112. The first-order chi connectivity index (χ1) is 7.29. The highest BCUT2D eigenvalue weighted by Crippen LogP contribution is 2.18. The normalized spacial score (nSPS) is 11.5. The average molecular weight is 202 g/mol. The highest BCUT2D eigenvalue weighted by molar-refractivity contribution is 5.84. The number of benzene rings is 1. The van der Waals surface area contributed by atoms with Gasteiger partial charge in [-0.2, -0.15) is 0 Å². The summed E-state index contributed by atoms with van der Waals surface area (Å²) in [6.45, 7) is 4.25. The van der Waals surface area contributed by atoms with Crippen LogP contribution < -0.4 is 0 Å². The molecule has 0 aliphatic rings. The second kappa shape index (κ2) is 6.18. The predicted octanol–water partition coefficient (Wildman–Crippen LogP) is 4.09. The van der Waals surface area contributed by atoms with Crippen molar-refractivity contribution in [3.8, 4) is 0 Å². The highest BCUT2D eigenvalue weighted by atomic mass is 16.1. The van der Waals surface area contributed by atoms with E-state index in [2.05, 4.69) is 19.9 Å². The van der Waals surface area contributed by atoms with Gasteiger partial charge in [0.25, 0.3) is 0 Å². The summed E-state index contributed by atoms with van der Waals surface area (Å²) in [5.74, 6) is 0. The van der Waals surface area contributed by atoms with Gasteiger partial charge in [0.05, 0.1) is 0 Å². The van der Waals surface area contributed by atoms with Crippen LogP contribution in [0.25, 0.3) is 5.57 Å². The van der Waals surface area contributed by atoms with E-state index in [4.69, 9.17) is 0 Å². The maximum atomic E-state index is 10.8. The van der Waals surface area contributed by atoms with Crippen LogP contribution in [-0.2, 0) is 0 Å². The summed E-state index contributed by atoms with van der Waals surface area (Å²) in [4.78, 5) is 10.8. The van der Waals surface area contributed by atoms with E-state index in [9.17, 15) is 4.79 Å². The molecule has 0 fully saturated rings. The molecule has 0 saturated carbocycles. The molecule has 1 aromatic rings. The van der Waals surface area contributed by atoms with Crippen molar-refractivity contribution in [1.29, 1.82) is 0 Å². The topological polar surface area (TPSA) is 17.1 Å². The Morgan fingerprint density at radius 2 is 2.07 bits per heavy atom. The number of unbranched alkanes of at least 4 members (excludes halogenated alkanes) is 2. The lowest BCUT2D eigenvalue weighted by Gasteiger charge is -2.04. The number of carbonyl (C=O) groups is 1. The molecule has 1 heteroatoms. The first-order valence-electron chi connectivity index (χ1n) is 5.51. The molecule has 0 amide bonds. The molecular formula is C14H18O. The Morgan fingerprint density at radius 1 is 1.33 bits per heavy atom. The van der Waals surface area contributed by atoms with Crippen molar-refractivity contribution in [3.63, 3.8) is 0 Å². The van der Waals surface area contributed by atoms with Crippen molar-refractivity contribution in [1.82, 2.24) is 0 Å². The fourth-order valence-corrected chi connectivity index (χ4v) is 1.59. The third kappa shape index (κ3) is 3.35. The van der Waals surface area contributed by atoms with E-state index in [0.29, 0.717) is 0 Å². The second-order valence-corrected chi connectivity index (χ2v) is 3.73. The largest absolute Gasteiger partial charge is 0.298 e. The molecule has 0 aromatic heterocycles. The van der Waals surface area contributed by atoms with Gasteiger partial charge in [0.1, 0.15) is 0 Å². The molecule has 1 nitrogen and oxygen atoms in total. The summed E-state index contributed by atoms with van der Waals surface area (Å²) in [6.07, 6.45) is 6.65. The molecule has 0 N–H and O–H groups in total. The van der Waals surface area contributed by atoms with E-state index in [-0.39, 0.29) is 0 Å². The molecule has 0 saturated heterocycles. The van der Waals surface area contributed by atoms with E-state index in [0.717, 1.165) is 23.8 Å². The van der Waals surface area contributed by atoms with Gasteiger partial charge < -0.3 is 0 Å². The van der Waals surface area contributed by atoms with Crippen LogP contribution in [0.15, 0.2) is 30.3 Å². The first-order valence-corrected chi connectivity index (χ1v) is 5.51. The molecule has 1 aromatic carbocycles. The third-order valence-corrected chi connectivity index (χ3v) is 2.52. The molecule has 0 radical (unpaired) electrons. The number of hydrogen-bond donors (Lipinski definition) is 0. The van der Waals surface area contributed by atoms with Crippen molar-refractivity contribution < 1.29 is 4.79 Å². The molecule has 15 heavy (non-hydrogen) atoms. The van der Waals surface area contributed by atoms with E-state index >= 15 is 0 Å². The van der Waals surface area contributed by atoms with Crippen molar-refractivity contribution in [3.05, 3.63) is 41.5 Å². The minimum atomic E-state index is 0.780. The van der Waals surface area contributed by atoms with Crippen LogP contribution >= 0.6 is 0 Å². The summed E-state index contributed by atoms with van der Waals surface area (Å²) < 4.78 is 0. The van der Waals surface area contributed by atoms with E-state index < -0.39 is 0 Å². The van der Waals surface area contributed by atoms with Crippen LogP contribution in [-0.4, -0.2) is 6.29 Å². The van der Waals surface area contributed by atoms with Crippen LogP contribution in [0, 0.1) is 0 Å². The number of rotatable bonds is 5. The van der Waals surface area contributed by atoms with Gasteiger partial charge in [-0.3, -0.25) is 4.79 Å². The van der Waals surface area contributed by atoms with Gasteiger partial charge in [-0.1, -0.05) is 50.1 Å². The molecule has 80 valence electrons. The lowest BCUT2D eigenvalue weighted by atomic mass is 10.0. The smallest absolute Gasteiger partial charge is 0.150 e. The molecule has 1 rings (SSSR count). The van der Waals surface area contributed by atoms with Crippen LogP contribution in [0.2, 0.25) is 0 Å². The Bertz CT molecular complexity index is 350. The molecule has 0 spiro atoms. The first kappa shape index (κ1) is 11.7. The van der Waals surface area contributed by atoms with Gasteiger partial charge >= 0.3 is 0 Å². The van der Waals surface area contributed by atoms with Crippen LogP contribution in [0.1, 0.15) is 49.0 Å². The standard InChI is InChI=1S/C14H18O/c1-3-4-5-8-12(2)14-10-7-6-9-13(14)11-15/h6-11H,3-5H2,1-2H3/b12-8+. The zero-order valence-corrected chi connectivity index (χ0v) is 9.49. The van der Waals surface area contributed by atoms with Crippen molar-refractivity contribution in [2.24, 2.45) is 0 Å². The quantitative estimate of drug-likeness (QED) is 0.519. The number of aldehydes is 1. The molecule has 0 heterocycles. The van der Waals surface area contributed by atoms with Crippen molar-refractivity contribution in [2.45, 2.75) is 33.1 Å². The maximum absolute atomic E-state index is 10.8. The lowest BCUT2D eigenvalue weighted by Crippen LogP contribution is -1.89. The zero-order chi connectivity index (χ0) is 11.1. The fourth-order valence-electron chi connectivity index (χ4n) is 1.59. The van der Waals surface area contributed by atoms with Crippen LogP contribution in [0.5, 0.6) is 0 Å². The van der Waals surface area contributed by atoms with Gasteiger partial charge in [0, 0.05) is 5.56 Å². The predicted molar refractivity (Wildman–Crippen MR) is 65.0 cm³/mol. The molecule has 0 aliphatic heterocycles. The minimum absolute atomic E-state index is 0.780. The number of allylic oxidation sites excluding steroid dienone is 2. The van der Waals surface area contributed by atoms with Crippen LogP contribution in [0.4, 0.5) is 0 Å². The number of carbonyl (C=O) groups excluding carboxylic acids is 1. The zero-order valence-electron chi connectivity index (χ0n) is 9.49. The van der Waals surface area contributed by atoms with Crippen molar-refractivity contribution >= 4 is 11.9 Å². The fraction of sp³-hybridized carbons (Fsp3) is 0.357. The summed E-state index contributed by atoms with van der Waals surface area (Å²) in [5.41, 5.74) is 3.04. The Labute approximate surface area is 91.8 Å². The molecule has 0 aliphatic carbocycles. The Kier molecular flexibility index (Phi) is 4.82. The Balaban J connectivity index is 2.85. The molecule has 0 unspecified atom stereocenters. The highest BCUT2D eigenvalue weighted by Gasteiger charge is 2.01. The van der Waals surface area contributed by atoms with Gasteiger partial charge in [-0.15, -0.1) is 0 Å². The SMILES string of the molecule is CCCC/C=C(\C)c1ccccc1C=O. The van der Waals surface area contributed by atoms with Gasteiger partial charge in [-0.05, 0) is 24.5 Å². The number of hydrogen-bond acceptors (Lipinski definition) is 1. The van der Waals surface area contributed by atoms with E-state index in [1.807, 2.05) is 24.3 Å². The maximum Gasteiger partial charge on any atom is 0.150 e. The van der Waals surface area contributed by atoms with E-state index in [1.54, 1.807) is 0 Å². The monoisotopic (exact) mass is 202 g/mol. The molecular weight excluding hydrogens is 184 g/mol. The van der Waals surface area contributed by atoms with Crippen LogP contribution in [0.3, 0.4) is 0 Å². The molecule has 0 bridgehead atoms. The average Bonchev–Trinajstić information content (AvgIpc) is 2.29. The second-order valence-electron chi connectivity index (χ2n) is 3.73. The third-order valence-electron chi connectivity index (χ3n) is 2.52. The summed E-state index contributed by atoms with van der Waals surface area (Å²) in [7, 11) is 0. The van der Waals surface area contributed by atoms with Gasteiger partial charge in [0.2, 0.25) is 0 Å². The Hall–Kier alpha value is -1.37. The van der Waals surface area contributed by atoms with E-state index in [1.165, 1.54) is 18.4 Å². The van der Waals surface area contributed by atoms with Gasteiger partial charge in [-0.25, -0.2) is 0 Å². The summed E-state index contributed by atoms with van der Waals surface area (Å²) in [6, 6.07) is 7.73. The summed E-state index contributed by atoms with van der Waals surface area (Å²) in [5, 5.41) is 0. The Morgan fingerprint density at radius 3 is 2.73 bits per heavy atom. The molecule has 0 atom stereocenters. The van der Waals surface area contributed by atoms with Crippen molar-refractivity contribution in [2.75, 3.05) is 0 Å². The van der Waals surface area contributed by atoms with Gasteiger partial charge in [0.15, 0.2) is 6.29 Å².